The zero-order chi connectivity index (χ0) is 14.5. The lowest BCUT2D eigenvalue weighted by Gasteiger charge is -2.03. The molecule has 2 heteroatoms. The zero-order valence-corrected chi connectivity index (χ0v) is 12.0. The second-order valence-electron chi connectivity index (χ2n) is 4.76. The molecule has 0 fully saturated rings. The SMILES string of the molecule is CCOc1cccc(C=Nc2cccc3ccccc23)c1. The molecule has 3 rings (SSSR count). The number of nitrogens with zero attached hydrogens (tertiary/aromatic N) is 1. The molecule has 0 bridgehead atoms. The average Bonchev–Trinajstić information content (AvgIpc) is 2.53. The monoisotopic (exact) mass is 275 g/mol. The molecule has 0 saturated carbocycles. The van der Waals surface area contributed by atoms with Crippen molar-refractivity contribution in [2.24, 2.45) is 4.99 Å². The van der Waals surface area contributed by atoms with Crippen LogP contribution in [0.5, 0.6) is 5.75 Å². The van der Waals surface area contributed by atoms with E-state index in [1.807, 2.05) is 61.7 Å². The second-order valence-corrected chi connectivity index (χ2v) is 4.76. The highest BCUT2D eigenvalue weighted by Gasteiger charge is 1.98. The van der Waals surface area contributed by atoms with E-state index in [-0.39, 0.29) is 0 Å². The summed E-state index contributed by atoms with van der Waals surface area (Å²) in [6.45, 7) is 2.65. The average molecular weight is 275 g/mol. The standard InChI is InChI=1S/C19H17NO/c1-2-21-17-10-5-7-15(13-17)14-20-19-12-6-9-16-8-3-4-11-18(16)19/h3-14H,2H2,1H3. The van der Waals surface area contributed by atoms with E-state index in [2.05, 4.69) is 23.2 Å². The molecule has 21 heavy (non-hydrogen) atoms. The maximum Gasteiger partial charge on any atom is 0.119 e. The third kappa shape index (κ3) is 3.11. The normalized spacial score (nSPS) is 11.1. The number of aliphatic imine (C=N–C) groups is 1. The first-order valence-electron chi connectivity index (χ1n) is 7.11. The van der Waals surface area contributed by atoms with Crippen LogP contribution in [0.25, 0.3) is 10.8 Å². The third-order valence-corrected chi connectivity index (χ3v) is 3.29. The van der Waals surface area contributed by atoms with Crippen molar-refractivity contribution < 1.29 is 4.74 Å². The van der Waals surface area contributed by atoms with Crippen molar-refractivity contribution in [2.75, 3.05) is 6.61 Å². The summed E-state index contributed by atoms with van der Waals surface area (Å²) in [5.41, 5.74) is 2.02. The minimum atomic E-state index is 0.671. The lowest BCUT2D eigenvalue weighted by molar-refractivity contribution is 0.340. The highest BCUT2D eigenvalue weighted by atomic mass is 16.5. The van der Waals surface area contributed by atoms with Gasteiger partial charge in [0.05, 0.1) is 12.3 Å². The van der Waals surface area contributed by atoms with Gasteiger partial charge >= 0.3 is 0 Å². The van der Waals surface area contributed by atoms with Crippen LogP contribution >= 0.6 is 0 Å². The molecule has 2 nitrogen and oxygen atoms in total. The van der Waals surface area contributed by atoms with Crippen LogP contribution in [-0.4, -0.2) is 12.8 Å². The maximum absolute atomic E-state index is 5.51. The molecule has 104 valence electrons. The molecule has 0 amide bonds. The van der Waals surface area contributed by atoms with E-state index in [1.165, 1.54) is 5.39 Å². The number of rotatable bonds is 4. The summed E-state index contributed by atoms with van der Waals surface area (Å²) in [5.74, 6) is 0.874. The number of benzene rings is 3. The van der Waals surface area contributed by atoms with Gasteiger partial charge in [0.1, 0.15) is 5.75 Å². The summed E-state index contributed by atoms with van der Waals surface area (Å²) in [6.07, 6.45) is 1.88. The fourth-order valence-corrected chi connectivity index (χ4v) is 2.32. The molecule has 0 aliphatic heterocycles. The minimum absolute atomic E-state index is 0.671. The van der Waals surface area contributed by atoms with Crippen molar-refractivity contribution >= 4 is 22.7 Å². The van der Waals surface area contributed by atoms with Crippen molar-refractivity contribution in [1.82, 2.24) is 0 Å². The summed E-state index contributed by atoms with van der Waals surface area (Å²) >= 11 is 0. The Hall–Kier alpha value is -2.61. The smallest absolute Gasteiger partial charge is 0.119 e. The molecule has 0 heterocycles. The number of fused-ring (bicyclic) bond motifs is 1. The first-order valence-corrected chi connectivity index (χ1v) is 7.11. The molecule has 0 aliphatic rings. The van der Waals surface area contributed by atoms with Gasteiger partial charge in [0.25, 0.3) is 0 Å². The summed E-state index contributed by atoms with van der Waals surface area (Å²) in [5, 5.41) is 2.37. The maximum atomic E-state index is 5.51. The Kier molecular flexibility index (Phi) is 3.97. The van der Waals surface area contributed by atoms with Crippen molar-refractivity contribution in [3.05, 3.63) is 72.3 Å². The molecule has 3 aromatic carbocycles. The van der Waals surface area contributed by atoms with Gasteiger partial charge in [0.2, 0.25) is 0 Å². The Balaban J connectivity index is 1.93. The van der Waals surface area contributed by atoms with Gasteiger partial charge in [-0.15, -0.1) is 0 Å². The highest BCUT2D eigenvalue weighted by Crippen LogP contribution is 2.25. The van der Waals surface area contributed by atoms with E-state index in [4.69, 9.17) is 4.74 Å². The number of hydrogen-bond donors (Lipinski definition) is 0. The van der Waals surface area contributed by atoms with Crippen molar-refractivity contribution in [2.45, 2.75) is 6.92 Å². The molecular formula is C19H17NO. The van der Waals surface area contributed by atoms with E-state index in [1.54, 1.807) is 0 Å². The van der Waals surface area contributed by atoms with E-state index >= 15 is 0 Å². The van der Waals surface area contributed by atoms with Crippen LogP contribution in [0.4, 0.5) is 5.69 Å². The molecular weight excluding hydrogens is 258 g/mol. The lowest BCUT2D eigenvalue weighted by Crippen LogP contribution is -1.92. The fourth-order valence-electron chi connectivity index (χ4n) is 2.32. The van der Waals surface area contributed by atoms with Crippen LogP contribution in [-0.2, 0) is 0 Å². The van der Waals surface area contributed by atoms with Gasteiger partial charge in [0.15, 0.2) is 0 Å². The summed E-state index contributed by atoms with van der Waals surface area (Å²) in [7, 11) is 0. The van der Waals surface area contributed by atoms with E-state index in [0.29, 0.717) is 6.61 Å². The van der Waals surface area contributed by atoms with E-state index in [0.717, 1.165) is 22.4 Å². The molecule has 0 N–H and O–H groups in total. The first-order chi connectivity index (χ1) is 10.4. The zero-order valence-electron chi connectivity index (χ0n) is 12.0. The van der Waals surface area contributed by atoms with Gasteiger partial charge in [-0.1, -0.05) is 48.5 Å². The van der Waals surface area contributed by atoms with Crippen LogP contribution < -0.4 is 4.74 Å². The Morgan fingerprint density at radius 1 is 0.952 bits per heavy atom. The van der Waals surface area contributed by atoms with Gasteiger partial charge in [0, 0.05) is 11.6 Å². The van der Waals surface area contributed by atoms with Crippen LogP contribution in [0.2, 0.25) is 0 Å². The van der Waals surface area contributed by atoms with Gasteiger partial charge in [-0.2, -0.15) is 0 Å². The summed E-state index contributed by atoms with van der Waals surface area (Å²) in [4.78, 5) is 4.63. The Labute approximate surface area is 124 Å². The predicted molar refractivity (Wildman–Crippen MR) is 88.8 cm³/mol. The fraction of sp³-hybridized carbons (Fsp3) is 0.105. The highest BCUT2D eigenvalue weighted by molar-refractivity contribution is 5.95. The van der Waals surface area contributed by atoms with Gasteiger partial charge in [-0.05, 0) is 36.1 Å². The van der Waals surface area contributed by atoms with Crippen molar-refractivity contribution in [1.29, 1.82) is 0 Å². The van der Waals surface area contributed by atoms with Crippen LogP contribution in [0.3, 0.4) is 0 Å². The molecule has 0 aromatic heterocycles. The van der Waals surface area contributed by atoms with Gasteiger partial charge in [-0.25, -0.2) is 0 Å². The molecule has 0 atom stereocenters. The Bertz CT molecular complexity index is 772. The largest absolute Gasteiger partial charge is 0.494 e. The van der Waals surface area contributed by atoms with Gasteiger partial charge in [-0.3, -0.25) is 4.99 Å². The molecule has 3 aromatic rings. The molecule has 0 radical (unpaired) electrons. The summed E-state index contributed by atoms with van der Waals surface area (Å²) < 4.78 is 5.51. The van der Waals surface area contributed by atoms with Crippen LogP contribution in [0.1, 0.15) is 12.5 Å². The quantitative estimate of drug-likeness (QED) is 0.615. The Morgan fingerprint density at radius 2 is 1.76 bits per heavy atom. The van der Waals surface area contributed by atoms with E-state index in [9.17, 15) is 0 Å². The van der Waals surface area contributed by atoms with Crippen LogP contribution in [0, 0.1) is 0 Å². The van der Waals surface area contributed by atoms with Crippen molar-refractivity contribution in [3.8, 4) is 5.75 Å². The topological polar surface area (TPSA) is 21.6 Å². The molecule has 0 saturated heterocycles. The molecule has 0 unspecified atom stereocenters. The third-order valence-electron chi connectivity index (χ3n) is 3.29. The molecule has 0 spiro atoms. The molecule has 0 aliphatic carbocycles. The van der Waals surface area contributed by atoms with Crippen LogP contribution in [0.15, 0.2) is 71.7 Å². The Morgan fingerprint density at radius 3 is 2.67 bits per heavy atom. The predicted octanol–water partition coefficient (Wildman–Crippen LogP) is 4.99. The number of hydrogen-bond acceptors (Lipinski definition) is 2. The van der Waals surface area contributed by atoms with E-state index < -0.39 is 0 Å². The first kappa shape index (κ1) is 13.4. The number of ether oxygens (including phenoxy) is 1. The lowest BCUT2D eigenvalue weighted by atomic mass is 10.1. The second kappa shape index (κ2) is 6.23. The van der Waals surface area contributed by atoms with Gasteiger partial charge < -0.3 is 4.74 Å². The van der Waals surface area contributed by atoms with Crippen molar-refractivity contribution in [3.63, 3.8) is 0 Å². The minimum Gasteiger partial charge on any atom is -0.494 e. The summed E-state index contributed by atoms with van der Waals surface area (Å²) in [6, 6.07) is 22.4.